The van der Waals surface area contributed by atoms with Crippen LogP contribution >= 0.6 is 0 Å². The quantitative estimate of drug-likeness (QED) is 0.484. The third-order valence-corrected chi connectivity index (χ3v) is 8.35. The molecule has 3 aliphatic carbocycles. The molecular formula is C29H39BN4O4. The summed E-state index contributed by atoms with van der Waals surface area (Å²) in [4.78, 5) is 35.3. The molecule has 2 N–H and O–H groups in total. The van der Waals surface area contributed by atoms with E-state index < -0.39 is 78.6 Å². The Morgan fingerprint density at radius 1 is 1.21 bits per heavy atom. The lowest BCUT2D eigenvalue weighted by Gasteiger charge is -2.64. The lowest BCUT2D eigenvalue weighted by molar-refractivity contribution is -0.199. The van der Waals surface area contributed by atoms with Crippen molar-refractivity contribution in [3.8, 4) is 0 Å². The molecule has 38 heavy (non-hydrogen) atoms. The second-order valence-electron chi connectivity index (χ2n) is 11.6. The Balaban J connectivity index is 1.54. The Labute approximate surface area is 237 Å². The molecule has 1 unspecified atom stereocenters. The molecule has 6 rings (SSSR count). The topological polar surface area (TPSA) is 102 Å². The maximum atomic E-state index is 14.3. The summed E-state index contributed by atoms with van der Waals surface area (Å²) < 4.78 is 81.2. The fourth-order valence-corrected chi connectivity index (χ4v) is 6.23. The van der Waals surface area contributed by atoms with Gasteiger partial charge in [0.25, 0.3) is 5.91 Å². The first-order valence-corrected chi connectivity index (χ1v) is 13.1. The maximum Gasteiger partial charge on any atom is 0.481 e. The molecule has 1 aromatic carbocycles. The van der Waals surface area contributed by atoms with E-state index >= 15 is 0 Å². The molecule has 0 radical (unpaired) electrons. The van der Waals surface area contributed by atoms with Gasteiger partial charge >= 0.3 is 7.12 Å². The summed E-state index contributed by atoms with van der Waals surface area (Å²) in [7, 11) is -0.942. The van der Waals surface area contributed by atoms with E-state index in [0.717, 1.165) is 19.0 Å². The molecule has 9 heteroatoms. The summed E-state index contributed by atoms with van der Waals surface area (Å²) in [6.45, 7) is 10.3. The number of rotatable bonds is 9. The lowest BCUT2D eigenvalue weighted by Crippen LogP contribution is -2.65. The third kappa shape index (κ3) is 5.10. The van der Waals surface area contributed by atoms with Crippen molar-refractivity contribution in [2.24, 2.45) is 23.2 Å². The van der Waals surface area contributed by atoms with Gasteiger partial charge in [0.1, 0.15) is 11.7 Å². The van der Waals surface area contributed by atoms with Gasteiger partial charge in [-0.15, -0.1) is 0 Å². The van der Waals surface area contributed by atoms with Crippen LogP contribution in [-0.2, 0) is 20.5 Å². The Morgan fingerprint density at radius 2 is 1.97 bits per heavy atom. The Bertz CT molecular complexity index is 1520. The SMILES string of the molecule is [2H]c1c([2H])c([2H])c(C([2H])([2H])C([2H])(NC(=O)c2cnccn2)C(=O)N[C@@H](CC(C)C)B2O[C@@H]3C[C@@H]4C[C@@H](C4(C)C)[C@]3(C)O2)c([2H])c1[2H]. The molecular weight excluding hydrogens is 479 g/mol. The first-order valence-electron chi connectivity index (χ1n) is 17.1. The van der Waals surface area contributed by atoms with Crippen LogP contribution in [0.15, 0.2) is 48.8 Å². The van der Waals surface area contributed by atoms with Gasteiger partial charge in [0.05, 0.1) is 32.1 Å². The highest BCUT2D eigenvalue weighted by Gasteiger charge is 2.68. The van der Waals surface area contributed by atoms with Crippen LogP contribution in [0.5, 0.6) is 0 Å². The zero-order valence-corrected chi connectivity index (χ0v) is 22.3. The minimum atomic E-state index is -3.37. The highest BCUT2D eigenvalue weighted by atomic mass is 16.7. The second kappa shape index (κ2) is 10.4. The molecule has 2 heterocycles. The van der Waals surface area contributed by atoms with E-state index in [1.807, 2.05) is 20.8 Å². The summed E-state index contributed by atoms with van der Waals surface area (Å²) in [6, 6.07) is -7.66. The van der Waals surface area contributed by atoms with Crippen molar-refractivity contribution in [3.63, 3.8) is 0 Å². The van der Waals surface area contributed by atoms with E-state index in [2.05, 4.69) is 34.4 Å². The Kier molecular flexibility index (Phi) is 5.07. The molecule has 1 saturated heterocycles. The van der Waals surface area contributed by atoms with E-state index in [0.29, 0.717) is 12.3 Å². The summed E-state index contributed by atoms with van der Waals surface area (Å²) in [5.41, 5.74) is -1.86. The molecule has 6 atom stereocenters. The maximum absolute atomic E-state index is 14.3. The molecule has 2 aromatic rings. The zero-order chi connectivity index (χ0) is 34.1. The van der Waals surface area contributed by atoms with Crippen LogP contribution in [0.2, 0.25) is 0 Å². The van der Waals surface area contributed by atoms with Gasteiger partial charge in [-0.2, -0.15) is 0 Å². The number of nitrogens with zero attached hydrogens (tertiary/aromatic N) is 2. The largest absolute Gasteiger partial charge is 0.481 e. The van der Waals surface area contributed by atoms with Gasteiger partial charge in [-0.3, -0.25) is 14.6 Å². The average molecular weight is 527 g/mol. The molecule has 1 aliphatic heterocycles. The smallest absolute Gasteiger partial charge is 0.404 e. The first-order chi connectivity index (χ1) is 21.3. The first kappa shape index (κ1) is 18.5. The monoisotopic (exact) mass is 526 g/mol. The van der Waals surface area contributed by atoms with Gasteiger partial charge < -0.3 is 19.9 Å². The highest BCUT2D eigenvalue weighted by Crippen LogP contribution is 2.65. The van der Waals surface area contributed by atoms with Crippen LogP contribution in [0.1, 0.15) is 80.9 Å². The normalized spacial score (nSPS) is 32.9. The van der Waals surface area contributed by atoms with Gasteiger partial charge in [-0.1, -0.05) is 57.9 Å². The highest BCUT2D eigenvalue weighted by molar-refractivity contribution is 6.48. The van der Waals surface area contributed by atoms with E-state index in [4.69, 9.17) is 18.9 Å². The van der Waals surface area contributed by atoms with E-state index in [-0.39, 0.29) is 29.0 Å². The van der Waals surface area contributed by atoms with Crippen LogP contribution in [-0.4, -0.2) is 52.6 Å². The molecule has 202 valence electrons. The molecule has 8 nitrogen and oxygen atoms in total. The fraction of sp³-hybridized carbons (Fsp3) is 0.586. The number of nitrogens with one attached hydrogen (secondary N) is 2. The van der Waals surface area contributed by atoms with Crippen LogP contribution < -0.4 is 10.6 Å². The van der Waals surface area contributed by atoms with E-state index in [1.54, 1.807) is 0 Å². The summed E-state index contributed by atoms with van der Waals surface area (Å²) in [5, 5.41) is 4.81. The molecule has 4 fully saturated rings. The van der Waals surface area contributed by atoms with Gasteiger partial charge in [0.15, 0.2) is 0 Å². The summed E-state index contributed by atoms with van der Waals surface area (Å²) in [5.74, 6) is -2.66. The van der Waals surface area contributed by atoms with E-state index in [1.165, 1.54) is 12.4 Å². The third-order valence-electron chi connectivity index (χ3n) is 8.35. The fourth-order valence-electron chi connectivity index (χ4n) is 6.23. The lowest BCUT2D eigenvalue weighted by atomic mass is 9.43. The van der Waals surface area contributed by atoms with Gasteiger partial charge in [0, 0.05) is 21.5 Å². The van der Waals surface area contributed by atoms with Crippen molar-refractivity contribution in [2.75, 3.05) is 0 Å². The summed E-state index contributed by atoms with van der Waals surface area (Å²) in [6.07, 6.45) is 2.05. The second-order valence-corrected chi connectivity index (χ2v) is 11.6. The van der Waals surface area contributed by atoms with Gasteiger partial charge in [-0.05, 0) is 54.9 Å². The predicted molar refractivity (Wildman–Crippen MR) is 145 cm³/mol. The van der Waals surface area contributed by atoms with Crippen molar-refractivity contribution < 1.29 is 29.9 Å². The minimum Gasteiger partial charge on any atom is -0.404 e. The number of amides is 2. The van der Waals surface area contributed by atoms with Crippen LogP contribution in [0, 0.1) is 23.2 Å². The van der Waals surface area contributed by atoms with E-state index in [9.17, 15) is 11.0 Å². The van der Waals surface area contributed by atoms with Crippen molar-refractivity contribution in [2.45, 2.75) is 83.9 Å². The average Bonchev–Trinajstić information content (AvgIpc) is 3.35. The van der Waals surface area contributed by atoms with Gasteiger partial charge in [0.2, 0.25) is 5.91 Å². The van der Waals surface area contributed by atoms with Gasteiger partial charge in [-0.25, -0.2) is 4.98 Å². The molecule has 2 amide bonds. The van der Waals surface area contributed by atoms with Crippen LogP contribution in [0.3, 0.4) is 0 Å². The van der Waals surface area contributed by atoms with Crippen molar-refractivity contribution in [1.82, 2.24) is 20.6 Å². The van der Waals surface area contributed by atoms with Crippen molar-refractivity contribution in [1.29, 1.82) is 0 Å². The van der Waals surface area contributed by atoms with Crippen LogP contribution in [0.4, 0.5) is 0 Å². The molecule has 4 aliphatic rings. The number of aromatic nitrogens is 2. The standard InChI is InChI=1S/C29H39BN4O4/c1-18(2)13-25(30-37-24-16-20-15-23(28(20,3)4)29(24,5)38-30)34-26(35)21(14-19-9-7-6-8-10-19)33-27(36)22-17-31-11-12-32-22/h6-12,17-18,20-21,23-25H,13-16H2,1-5H3,(H,33,36)(H,34,35)/t20-,21?,23-,24+,25-,29-/m0/s1/i6D,7D,8D,9D,10D,14D2,21D. The van der Waals surface area contributed by atoms with Crippen molar-refractivity contribution >= 4 is 18.9 Å². The number of carbonyl (C=O) groups is 2. The van der Waals surface area contributed by atoms with Crippen LogP contribution in [0.25, 0.3) is 0 Å². The van der Waals surface area contributed by atoms with Crippen molar-refractivity contribution in [3.05, 3.63) is 60.1 Å². The number of benzene rings is 1. The molecule has 3 saturated carbocycles. The zero-order valence-electron chi connectivity index (χ0n) is 30.3. The predicted octanol–water partition coefficient (Wildman–Crippen LogP) is 3.62. The molecule has 0 spiro atoms. The minimum absolute atomic E-state index is 0.00911. The number of hydrogen-bond acceptors (Lipinski definition) is 6. The number of hydrogen-bond donors (Lipinski definition) is 2. The molecule has 2 bridgehead atoms. The summed E-state index contributed by atoms with van der Waals surface area (Å²) >= 11 is 0. The Morgan fingerprint density at radius 3 is 2.63 bits per heavy atom. The molecule has 1 aromatic heterocycles. The Hall–Kier alpha value is -2.78. The number of carbonyl (C=O) groups excluding carboxylic acids is 2.